The number of hydrogen-bond donors (Lipinski definition) is 0. The minimum Gasteiger partial charge on any atom is -0.463 e. The summed E-state index contributed by atoms with van der Waals surface area (Å²) >= 11 is 0. The molecule has 0 spiro atoms. The molecule has 0 saturated carbocycles. The molecule has 1 aromatic rings. The maximum Gasteiger partial charge on any atom is 0.303 e. The second-order valence-electron chi connectivity index (χ2n) is 6.93. The zero-order valence-electron chi connectivity index (χ0n) is 18.3. The SMILES string of the molecule is CC(=O)OC[C@H]1O[C@@H](SS(=O)(=O)c2ccccc2)[C@H](OC(C)=O)[C@@H](OC(C)=O)[C@@H]1OC(C)=O. The molecule has 5 atom stereocenters. The Morgan fingerprint density at radius 2 is 1.33 bits per heavy atom. The summed E-state index contributed by atoms with van der Waals surface area (Å²) in [6.07, 6.45) is -5.48. The van der Waals surface area contributed by atoms with Crippen LogP contribution in [0.2, 0.25) is 0 Å². The Kier molecular flexibility index (Phi) is 9.25. The summed E-state index contributed by atoms with van der Waals surface area (Å²) in [4.78, 5) is 46.6. The van der Waals surface area contributed by atoms with Crippen molar-refractivity contribution in [2.45, 2.75) is 62.4 Å². The molecule has 1 saturated heterocycles. The number of carbonyl (C=O) groups excluding carboxylic acids is 4. The molecular formula is C20H24O11S2. The van der Waals surface area contributed by atoms with Crippen molar-refractivity contribution in [3.63, 3.8) is 0 Å². The average Bonchev–Trinajstić information content (AvgIpc) is 2.70. The number of hydrogen-bond acceptors (Lipinski definition) is 12. The number of rotatable bonds is 8. The standard InChI is InChI=1S/C20H24O11S2/c1-11(21)27-10-16-17(28-12(2)22)18(29-13(3)23)19(30-14(4)24)20(31-16)32-33(25,26)15-8-6-5-7-9-15/h5-9,16-20H,10H2,1-4H3/t16-,17-,18+,19-,20+/m1/s1. The lowest BCUT2D eigenvalue weighted by molar-refractivity contribution is -0.237. The van der Waals surface area contributed by atoms with Crippen LogP contribution in [0.1, 0.15) is 27.7 Å². The summed E-state index contributed by atoms with van der Waals surface area (Å²) < 4.78 is 52.5. The van der Waals surface area contributed by atoms with E-state index in [2.05, 4.69) is 0 Å². The van der Waals surface area contributed by atoms with E-state index in [0.29, 0.717) is 10.8 Å². The Hall–Kier alpha value is -2.64. The number of esters is 4. The molecule has 2 rings (SSSR count). The highest BCUT2D eigenvalue weighted by Gasteiger charge is 2.53. The lowest BCUT2D eigenvalue weighted by Gasteiger charge is -2.43. The highest BCUT2D eigenvalue weighted by atomic mass is 33.1. The minimum atomic E-state index is -4.03. The number of benzene rings is 1. The molecule has 0 aliphatic carbocycles. The third-order valence-corrected chi connectivity index (χ3v) is 7.78. The summed E-state index contributed by atoms with van der Waals surface area (Å²) in [5.41, 5.74) is -1.42. The topological polar surface area (TPSA) is 149 Å². The van der Waals surface area contributed by atoms with E-state index in [4.69, 9.17) is 23.7 Å². The van der Waals surface area contributed by atoms with Crippen LogP contribution in [0.5, 0.6) is 0 Å². The summed E-state index contributed by atoms with van der Waals surface area (Å²) in [5, 5.41) is 0. The summed E-state index contributed by atoms with van der Waals surface area (Å²) in [5.74, 6) is -3.08. The van der Waals surface area contributed by atoms with E-state index in [1.165, 1.54) is 24.3 Å². The van der Waals surface area contributed by atoms with Crippen molar-refractivity contribution < 1.29 is 51.3 Å². The molecule has 1 fully saturated rings. The molecule has 0 bridgehead atoms. The van der Waals surface area contributed by atoms with Crippen LogP contribution in [-0.2, 0) is 51.7 Å². The van der Waals surface area contributed by atoms with E-state index in [1.807, 2.05) is 0 Å². The molecule has 0 amide bonds. The van der Waals surface area contributed by atoms with Gasteiger partial charge >= 0.3 is 23.9 Å². The maximum absolute atomic E-state index is 13.0. The predicted molar refractivity (Wildman–Crippen MR) is 113 cm³/mol. The van der Waals surface area contributed by atoms with E-state index in [1.54, 1.807) is 6.07 Å². The molecule has 1 aliphatic heterocycles. The monoisotopic (exact) mass is 504 g/mol. The van der Waals surface area contributed by atoms with Crippen molar-refractivity contribution >= 4 is 43.5 Å². The van der Waals surface area contributed by atoms with Gasteiger partial charge in [0.2, 0.25) is 8.87 Å². The van der Waals surface area contributed by atoms with E-state index < -0.39 is 69.2 Å². The van der Waals surface area contributed by atoms with E-state index in [0.717, 1.165) is 27.7 Å². The van der Waals surface area contributed by atoms with Gasteiger partial charge in [0.1, 0.15) is 12.7 Å². The fourth-order valence-corrected chi connectivity index (χ4v) is 6.27. The van der Waals surface area contributed by atoms with Crippen molar-refractivity contribution in [1.29, 1.82) is 0 Å². The van der Waals surface area contributed by atoms with Crippen molar-refractivity contribution in [3.05, 3.63) is 30.3 Å². The summed E-state index contributed by atoms with van der Waals surface area (Å²) in [7, 11) is -3.72. The van der Waals surface area contributed by atoms with Gasteiger partial charge in [0, 0.05) is 38.5 Å². The molecule has 13 heteroatoms. The Morgan fingerprint density at radius 1 is 0.818 bits per heavy atom. The second kappa shape index (κ2) is 11.5. The van der Waals surface area contributed by atoms with Crippen LogP contribution in [0.15, 0.2) is 35.2 Å². The molecule has 0 unspecified atom stereocenters. The molecule has 1 aromatic carbocycles. The Morgan fingerprint density at radius 3 is 1.85 bits per heavy atom. The van der Waals surface area contributed by atoms with Crippen LogP contribution < -0.4 is 0 Å². The van der Waals surface area contributed by atoms with Gasteiger partial charge in [-0.25, -0.2) is 8.42 Å². The first-order chi connectivity index (χ1) is 15.4. The van der Waals surface area contributed by atoms with Gasteiger partial charge in [-0.15, -0.1) is 0 Å². The highest BCUT2D eigenvalue weighted by Crippen LogP contribution is 2.38. The van der Waals surface area contributed by atoms with Crippen molar-refractivity contribution in [3.8, 4) is 0 Å². The Balaban J connectivity index is 2.50. The second-order valence-corrected chi connectivity index (χ2v) is 10.9. The van der Waals surface area contributed by atoms with Crippen LogP contribution in [0.25, 0.3) is 0 Å². The largest absolute Gasteiger partial charge is 0.463 e. The van der Waals surface area contributed by atoms with Gasteiger partial charge in [-0.3, -0.25) is 19.2 Å². The molecule has 0 N–H and O–H groups in total. The first kappa shape index (κ1) is 26.6. The Bertz CT molecular complexity index is 977. The van der Waals surface area contributed by atoms with Crippen LogP contribution >= 0.6 is 10.8 Å². The summed E-state index contributed by atoms with van der Waals surface area (Å²) in [6.45, 7) is 3.94. The highest BCUT2D eigenvalue weighted by molar-refractivity contribution is 8.72. The maximum atomic E-state index is 13.0. The average molecular weight is 505 g/mol. The van der Waals surface area contributed by atoms with Gasteiger partial charge in [-0.05, 0) is 12.1 Å². The minimum absolute atomic E-state index is 0.0390. The smallest absolute Gasteiger partial charge is 0.303 e. The molecule has 0 aromatic heterocycles. The molecular weight excluding hydrogens is 480 g/mol. The van der Waals surface area contributed by atoms with Crippen molar-refractivity contribution in [2.24, 2.45) is 0 Å². The van der Waals surface area contributed by atoms with Gasteiger partial charge in [0.05, 0.1) is 4.90 Å². The van der Waals surface area contributed by atoms with Crippen LogP contribution in [0.3, 0.4) is 0 Å². The Labute approximate surface area is 194 Å². The van der Waals surface area contributed by atoms with Gasteiger partial charge in [-0.2, -0.15) is 0 Å². The quantitative estimate of drug-likeness (QED) is 0.284. The van der Waals surface area contributed by atoms with Crippen LogP contribution in [-0.4, -0.2) is 68.8 Å². The van der Waals surface area contributed by atoms with E-state index >= 15 is 0 Å². The normalized spacial score (nSPS) is 24.9. The van der Waals surface area contributed by atoms with Crippen molar-refractivity contribution in [1.82, 2.24) is 0 Å². The van der Waals surface area contributed by atoms with E-state index in [-0.39, 0.29) is 4.90 Å². The fourth-order valence-electron chi connectivity index (χ4n) is 3.03. The summed E-state index contributed by atoms with van der Waals surface area (Å²) in [6, 6.07) is 7.43. The van der Waals surface area contributed by atoms with Gasteiger partial charge < -0.3 is 23.7 Å². The van der Waals surface area contributed by atoms with Crippen molar-refractivity contribution in [2.75, 3.05) is 6.61 Å². The molecule has 0 radical (unpaired) electrons. The fraction of sp³-hybridized carbons (Fsp3) is 0.500. The number of ether oxygens (including phenoxy) is 5. The van der Waals surface area contributed by atoms with E-state index in [9.17, 15) is 27.6 Å². The molecule has 11 nitrogen and oxygen atoms in total. The predicted octanol–water partition coefficient (Wildman–Crippen LogP) is 1.19. The van der Waals surface area contributed by atoms with Gasteiger partial charge in [0.25, 0.3) is 0 Å². The molecule has 33 heavy (non-hydrogen) atoms. The molecule has 1 heterocycles. The zero-order chi connectivity index (χ0) is 24.8. The van der Waals surface area contributed by atoms with Gasteiger partial charge in [-0.1, -0.05) is 18.2 Å². The first-order valence-electron chi connectivity index (χ1n) is 9.69. The first-order valence-corrected chi connectivity index (χ1v) is 12.6. The third-order valence-electron chi connectivity index (χ3n) is 4.20. The zero-order valence-corrected chi connectivity index (χ0v) is 19.9. The van der Waals surface area contributed by atoms with Crippen LogP contribution in [0.4, 0.5) is 0 Å². The lowest BCUT2D eigenvalue weighted by Crippen LogP contribution is -2.61. The van der Waals surface area contributed by atoms with Crippen LogP contribution in [0, 0.1) is 0 Å². The lowest BCUT2D eigenvalue weighted by atomic mass is 9.99. The third kappa shape index (κ3) is 7.72. The molecule has 182 valence electrons. The van der Waals surface area contributed by atoms with Gasteiger partial charge in [0.15, 0.2) is 23.7 Å². The molecule has 1 aliphatic rings. The number of carbonyl (C=O) groups is 4.